The van der Waals surface area contributed by atoms with Gasteiger partial charge in [-0.3, -0.25) is 4.98 Å². The van der Waals surface area contributed by atoms with Crippen molar-refractivity contribution in [3.05, 3.63) is 12.4 Å². The predicted octanol–water partition coefficient (Wildman–Crippen LogP) is -0.688. The van der Waals surface area contributed by atoms with Gasteiger partial charge < -0.3 is 20.5 Å². The zero-order valence-electron chi connectivity index (χ0n) is 10.5. The third-order valence-corrected chi connectivity index (χ3v) is 2.82. The second-order valence-electron chi connectivity index (χ2n) is 4.91. The lowest BCUT2D eigenvalue weighted by atomic mass is 9.80. The van der Waals surface area contributed by atoms with E-state index in [-0.39, 0.29) is 11.4 Å². The van der Waals surface area contributed by atoms with Crippen molar-refractivity contribution in [1.29, 1.82) is 0 Å². The molecule has 0 spiro atoms. The molecular formula is C10H18BN3O3. The van der Waals surface area contributed by atoms with Crippen LogP contribution < -0.4 is 11.3 Å². The first kappa shape index (κ1) is 13.9. The van der Waals surface area contributed by atoms with Gasteiger partial charge in [0, 0.05) is 6.20 Å². The first-order valence-corrected chi connectivity index (χ1v) is 5.29. The van der Waals surface area contributed by atoms with Gasteiger partial charge in [-0.2, -0.15) is 0 Å². The molecule has 0 aliphatic heterocycles. The summed E-state index contributed by atoms with van der Waals surface area (Å²) < 4.78 is 5.39. The summed E-state index contributed by atoms with van der Waals surface area (Å²) >= 11 is 0. The third kappa shape index (κ3) is 3.39. The Kier molecular flexibility index (Phi) is 3.76. The van der Waals surface area contributed by atoms with Crippen molar-refractivity contribution in [2.24, 2.45) is 0 Å². The van der Waals surface area contributed by atoms with E-state index in [1.807, 2.05) is 0 Å². The molecule has 0 bridgehead atoms. The highest BCUT2D eigenvalue weighted by atomic mass is 16.5. The Morgan fingerprint density at radius 2 is 1.82 bits per heavy atom. The number of anilines is 1. The Hall–Kier alpha value is -1.18. The van der Waals surface area contributed by atoms with Gasteiger partial charge in [0.2, 0.25) is 0 Å². The Bertz CT molecular complexity index is 375. The van der Waals surface area contributed by atoms with Crippen LogP contribution in [-0.2, 0) is 4.65 Å². The molecular weight excluding hydrogens is 221 g/mol. The van der Waals surface area contributed by atoms with Gasteiger partial charge in [-0.1, -0.05) is 0 Å². The van der Waals surface area contributed by atoms with Crippen molar-refractivity contribution in [3.63, 3.8) is 0 Å². The molecule has 6 nitrogen and oxygen atoms in total. The van der Waals surface area contributed by atoms with Crippen molar-refractivity contribution >= 4 is 18.5 Å². The van der Waals surface area contributed by atoms with E-state index in [1.54, 1.807) is 27.7 Å². The summed E-state index contributed by atoms with van der Waals surface area (Å²) in [5.41, 5.74) is 3.60. The second-order valence-corrected chi connectivity index (χ2v) is 4.91. The summed E-state index contributed by atoms with van der Waals surface area (Å²) in [7, 11) is -1.26. The van der Waals surface area contributed by atoms with Crippen LogP contribution in [0.4, 0.5) is 5.82 Å². The first-order chi connectivity index (χ1) is 7.63. The summed E-state index contributed by atoms with van der Waals surface area (Å²) in [6.07, 6.45) is 2.67. The smallest absolute Gasteiger partial charge is 0.422 e. The number of nitrogen functional groups attached to an aromatic ring is 1. The number of hydrogen-bond acceptors (Lipinski definition) is 6. The van der Waals surface area contributed by atoms with Crippen LogP contribution in [0.25, 0.3) is 0 Å². The standard InChI is InChI=1S/C10H18BN3O3/c1-9(2,15)10(3,4)17-11(16)7-5-14-8(12)6-13-7/h5-6,15-16H,1-4H3,(H2,12,14). The van der Waals surface area contributed by atoms with E-state index in [9.17, 15) is 10.1 Å². The Labute approximate surface area is 101 Å². The van der Waals surface area contributed by atoms with Crippen molar-refractivity contribution < 1.29 is 14.8 Å². The van der Waals surface area contributed by atoms with E-state index in [0.717, 1.165) is 0 Å². The highest BCUT2D eigenvalue weighted by Crippen LogP contribution is 2.25. The van der Waals surface area contributed by atoms with E-state index < -0.39 is 18.3 Å². The maximum Gasteiger partial charge on any atom is 0.512 e. The van der Waals surface area contributed by atoms with Crippen LogP contribution in [0, 0.1) is 0 Å². The van der Waals surface area contributed by atoms with Crippen LogP contribution in [0.5, 0.6) is 0 Å². The van der Waals surface area contributed by atoms with Gasteiger partial charge in [0.1, 0.15) is 5.82 Å². The SMILES string of the molecule is CC(C)(O)C(C)(C)OB(O)c1cnc(N)cn1. The third-order valence-electron chi connectivity index (χ3n) is 2.82. The fourth-order valence-electron chi connectivity index (χ4n) is 0.959. The van der Waals surface area contributed by atoms with E-state index >= 15 is 0 Å². The number of hydrogen-bond donors (Lipinski definition) is 3. The zero-order valence-corrected chi connectivity index (χ0v) is 10.5. The molecule has 0 amide bonds. The van der Waals surface area contributed by atoms with E-state index in [1.165, 1.54) is 12.4 Å². The summed E-state index contributed by atoms with van der Waals surface area (Å²) in [5.74, 6) is 0.266. The molecule has 1 rings (SSSR count). The fraction of sp³-hybridized carbons (Fsp3) is 0.600. The number of nitrogens with two attached hydrogens (primary N) is 1. The molecule has 94 valence electrons. The van der Waals surface area contributed by atoms with Crippen LogP contribution in [-0.4, -0.2) is 38.4 Å². The molecule has 0 aliphatic rings. The molecule has 0 saturated carbocycles. The quantitative estimate of drug-likeness (QED) is 0.601. The Morgan fingerprint density at radius 1 is 1.24 bits per heavy atom. The Balaban J connectivity index is 2.79. The average molecular weight is 239 g/mol. The van der Waals surface area contributed by atoms with E-state index in [2.05, 4.69) is 9.97 Å². The normalized spacial score (nSPS) is 12.6. The molecule has 0 atom stereocenters. The predicted molar refractivity (Wildman–Crippen MR) is 65.5 cm³/mol. The fourth-order valence-corrected chi connectivity index (χ4v) is 0.959. The monoisotopic (exact) mass is 239 g/mol. The number of rotatable bonds is 4. The van der Waals surface area contributed by atoms with Gasteiger partial charge in [0.05, 0.1) is 23.0 Å². The largest absolute Gasteiger partial charge is 0.512 e. The van der Waals surface area contributed by atoms with Crippen molar-refractivity contribution in [2.75, 3.05) is 5.73 Å². The summed E-state index contributed by atoms with van der Waals surface area (Å²) in [4.78, 5) is 7.71. The van der Waals surface area contributed by atoms with E-state index in [4.69, 9.17) is 10.4 Å². The average Bonchev–Trinajstić information content (AvgIpc) is 2.16. The van der Waals surface area contributed by atoms with Gasteiger partial charge in [-0.15, -0.1) is 0 Å². The number of nitrogens with zero attached hydrogens (tertiary/aromatic N) is 2. The molecule has 7 heteroatoms. The minimum absolute atomic E-state index is 0.247. The number of aromatic nitrogens is 2. The molecule has 0 aliphatic carbocycles. The molecule has 1 aromatic heterocycles. The number of aliphatic hydroxyl groups is 1. The summed E-state index contributed by atoms with van der Waals surface area (Å²) in [6.45, 7) is 6.57. The zero-order chi connectivity index (χ0) is 13.3. The Morgan fingerprint density at radius 3 is 2.24 bits per heavy atom. The van der Waals surface area contributed by atoms with Gasteiger partial charge in [-0.05, 0) is 27.7 Å². The molecule has 1 heterocycles. The maximum atomic E-state index is 9.89. The van der Waals surface area contributed by atoms with Crippen LogP contribution >= 0.6 is 0 Å². The molecule has 17 heavy (non-hydrogen) atoms. The molecule has 0 radical (unpaired) electrons. The van der Waals surface area contributed by atoms with Crippen molar-refractivity contribution in [3.8, 4) is 0 Å². The van der Waals surface area contributed by atoms with Crippen LogP contribution in [0.15, 0.2) is 12.4 Å². The van der Waals surface area contributed by atoms with Crippen molar-refractivity contribution in [1.82, 2.24) is 9.97 Å². The maximum absolute atomic E-state index is 9.89. The first-order valence-electron chi connectivity index (χ1n) is 5.29. The molecule has 0 aromatic carbocycles. The molecule has 1 aromatic rings. The lowest BCUT2D eigenvalue weighted by Gasteiger charge is -2.38. The topological polar surface area (TPSA) is 101 Å². The van der Waals surface area contributed by atoms with E-state index in [0.29, 0.717) is 0 Å². The molecule has 0 unspecified atom stereocenters. The second kappa shape index (κ2) is 4.60. The minimum Gasteiger partial charge on any atom is -0.422 e. The van der Waals surface area contributed by atoms with Gasteiger partial charge in [0.15, 0.2) is 0 Å². The summed E-state index contributed by atoms with van der Waals surface area (Å²) in [5, 5.41) is 19.7. The minimum atomic E-state index is -1.26. The van der Waals surface area contributed by atoms with Crippen LogP contribution in [0.3, 0.4) is 0 Å². The van der Waals surface area contributed by atoms with Gasteiger partial charge >= 0.3 is 7.12 Å². The molecule has 0 saturated heterocycles. The lowest BCUT2D eigenvalue weighted by molar-refractivity contribution is -0.0983. The summed E-state index contributed by atoms with van der Waals surface area (Å²) in [6, 6.07) is 0. The molecule has 4 N–H and O–H groups in total. The van der Waals surface area contributed by atoms with Gasteiger partial charge in [-0.25, -0.2) is 4.98 Å². The molecule has 0 fully saturated rings. The lowest BCUT2D eigenvalue weighted by Crippen LogP contribution is -2.53. The highest BCUT2D eigenvalue weighted by molar-refractivity contribution is 6.58. The van der Waals surface area contributed by atoms with Crippen LogP contribution in [0.2, 0.25) is 0 Å². The highest BCUT2D eigenvalue weighted by Gasteiger charge is 2.40. The van der Waals surface area contributed by atoms with Crippen LogP contribution in [0.1, 0.15) is 27.7 Å². The van der Waals surface area contributed by atoms with Crippen molar-refractivity contribution in [2.45, 2.75) is 38.9 Å². The van der Waals surface area contributed by atoms with Gasteiger partial charge in [0.25, 0.3) is 0 Å².